The van der Waals surface area contributed by atoms with Gasteiger partial charge in [-0.05, 0) is 42.7 Å². The largest absolute Gasteiger partial charge is 0.441 e. The highest BCUT2D eigenvalue weighted by molar-refractivity contribution is 5.86. The van der Waals surface area contributed by atoms with E-state index in [9.17, 15) is 0 Å². The lowest BCUT2D eigenvalue weighted by Crippen LogP contribution is -2.51. The number of aryl methyl sites for hydroxylation is 1. The van der Waals surface area contributed by atoms with E-state index < -0.39 is 0 Å². The predicted octanol–water partition coefficient (Wildman–Crippen LogP) is 3.74. The van der Waals surface area contributed by atoms with Crippen molar-refractivity contribution < 1.29 is 4.42 Å². The van der Waals surface area contributed by atoms with Gasteiger partial charge in [0.25, 0.3) is 0 Å². The molecule has 0 radical (unpaired) electrons. The molecule has 0 spiro atoms. The molecule has 0 saturated carbocycles. The summed E-state index contributed by atoms with van der Waals surface area (Å²) in [6.45, 7) is 5.15. The molecule has 3 heterocycles. The van der Waals surface area contributed by atoms with Gasteiger partial charge in [0, 0.05) is 37.3 Å². The third kappa shape index (κ3) is 2.66. The monoisotopic (exact) mass is 333 g/mol. The molecule has 128 valence electrons. The van der Waals surface area contributed by atoms with Crippen molar-refractivity contribution >= 4 is 10.8 Å². The van der Waals surface area contributed by atoms with Gasteiger partial charge in [0.2, 0.25) is 5.89 Å². The van der Waals surface area contributed by atoms with Gasteiger partial charge in [-0.2, -0.15) is 0 Å². The van der Waals surface area contributed by atoms with Gasteiger partial charge in [-0.1, -0.05) is 30.3 Å². The molecule has 2 aromatic carbocycles. The van der Waals surface area contributed by atoms with Crippen LogP contribution in [0.1, 0.15) is 24.3 Å². The lowest BCUT2D eigenvalue weighted by atomic mass is 10.1. The molecule has 2 aliphatic rings. The van der Waals surface area contributed by atoms with Gasteiger partial charge in [-0.15, -0.1) is 0 Å². The molecule has 2 aliphatic heterocycles. The zero-order valence-electron chi connectivity index (χ0n) is 14.5. The van der Waals surface area contributed by atoms with Gasteiger partial charge in [-0.3, -0.25) is 4.90 Å². The fourth-order valence-corrected chi connectivity index (χ4v) is 4.32. The van der Waals surface area contributed by atoms with Crippen LogP contribution < -0.4 is 5.32 Å². The first kappa shape index (κ1) is 15.1. The maximum absolute atomic E-state index is 6.03. The standard InChI is InChI=1S/C21H23N3O/c1-14-20(13-24-18-8-9-19(24)12-22-11-18)23-21(25-14)17-7-6-15-4-2-3-5-16(15)10-17/h2-7,10,18-19,22H,8-9,11-13H2,1H3/t18-,19+. The minimum atomic E-state index is 0.652. The van der Waals surface area contributed by atoms with Crippen LogP contribution in [0, 0.1) is 6.92 Å². The first-order valence-corrected chi connectivity index (χ1v) is 9.20. The topological polar surface area (TPSA) is 41.3 Å². The third-order valence-electron chi connectivity index (χ3n) is 5.75. The van der Waals surface area contributed by atoms with Gasteiger partial charge in [-0.25, -0.2) is 4.98 Å². The molecule has 0 unspecified atom stereocenters. The molecule has 2 bridgehead atoms. The number of piperazine rings is 1. The van der Waals surface area contributed by atoms with E-state index >= 15 is 0 Å². The summed E-state index contributed by atoms with van der Waals surface area (Å²) in [6.07, 6.45) is 2.60. The van der Waals surface area contributed by atoms with E-state index in [1.54, 1.807) is 0 Å². The van der Waals surface area contributed by atoms with Crippen molar-refractivity contribution in [1.29, 1.82) is 0 Å². The summed E-state index contributed by atoms with van der Waals surface area (Å²) in [5.41, 5.74) is 2.14. The molecule has 0 aliphatic carbocycles. The quantitative estimate of drug-likeness (QED) is 0.793. The lowest BCUT2D eigenvalue weighted by Gasteiger charge is -2.34. The summed E-state index contributed by atoms with van der Waals surface area (Å²) < 4.78 is 6.03. The highest BCUT2D eigenvalue weighted by Gasteiger charge is 2.37. The van der Waals surface area contributed by atoms with Gasteiger partial charge in [0.1, 0.15) is 5.76 Å². The van der Waals surface area contributed by atoms with E-state index in [1.807, 2.05) is 6.92 Å². The predicted molar refractivity (Wildman–Crippen MR) is 99.4 cm³/mol. The van der Waals surface area contributed by atoms with E-state index in [1.165, 1.54) is 23.6 Å². The Morgan fingerprint density at radius 3 is 2.64 bits per heavy atom. The second kappa shape index (κ2) is 5.97. The first-order valence-electron chi connectivity index (χ1n) is 9.20. The number of oxazole rings is 1. The van der Waals surface area contributed by atoms with Crippen molar-refractivity contribution in [3.63, 3.8) is 0 Å². The van der Waals surface area contributed by atoms with Crippen LogP contribution in [-0.4, -0.2) is 35.1 Å². The normalized spacial score (nSPS) is 23.4. The van der Waals surface area contributed by atoms with E-state index in [0.29, 0.717) is 12.1 Å². The van der Waals surface area contributed by atoms with Crippen LogP contribution in [-0.2, 0) is 6.54 Å². The zero-order valence-corrected chi connectivity index (χ0v) is 14.5. The van der Waals surface area contributed by atoms with Crippen LogP contribution in [0.15, 0.2) is 46.9 Å². The molecular formula is C21H23N3O. The van der Waals surface area contributed by atoms with Crippen LogP contribution >= 0.6 is 0 Å². The summed E-state index contributed by atoms with van der Waals surface area (Å²) in [7, 11) is 0. The maximum Gasteiger partial charge on any atom is 0.226 e. The summed E-state index contributed by atoms with van der Waals surface area (Å²) in [6, 6.07) is 16.1. The third-order valence-corrected chi connectivity index (χ3v) is 5.75. The average molecular weight is 333 g/mol. The molecule has 2 atom stereocenters. The van der Waals surface area contributed by atoms with Gasteiger partial charge < -0.3 is 9.73 Å². The Balaban J connectivity index is 1.44. The zero-order chi connectivity index (χ0) is 16.8. The van der Waals surface area contributed by atoms with Crippen molar-refractivity contribution in [1.82, 2.24) is 15.2 Å². The number of hydrogen-bond acceptors (Lipinski definition) is 4. The SMILES string of the molecule is Cc1oc(-c2ccc3ccccc3c2)nc1CN1[C@@H]2CC[C@H]1CNC2. The summed E-state index contributed by atoms with van der Waals surface area (Å²) in [4.78, 5) is 7.47. The maximum atomic E-state index is 6.03. The van der Waals surface area contributed by atoms with Gasteiger partial charge >= 0.3 is 0 Å². The van der Waals surface area contributed by atoms with E-state index in [0.717, 1.165) is 42.5 Å². The minimum Gasteiger partial charge on any atom is -0.441 e. The highest BCUT2D eigenvalue weighted by Crippen LogP contribution is 2.31. The van der Waals surface area contributed by atoms with Crippen molar-refractivity contribution in [3.8, 4) is 11.5 Å². The number of nitrogens with zero attached hydrogens (tertiary/aromatic N) is 2. The summed E-state index contributed by atoms with van der Waals surface area (Å²) in [5.74, 6) is 1.68. The molecule has 3 aromatic rings. The van der Waals surface area contributed by atoms with Crippen LogP contribution in [0.4, 0.5) is 0 Å². The number of aromatic nitrogens is 1. The van der Waals surface area contributed by atoms with Crippen LogP contribution in [0.2, 0.25) is 0 Å². The highest BCUT2D eigenvalue weighted by atomic mass is 16.4. The molecule has 2 fully saturated rings. The number of rotatable bonds is 3. The molecule has 25 heavy (non-hydrogen) atoms. The van der Waals surface area contributed by atoms with E-state index in [2.05, 4.69) is 52.7 Å². The number of benzene rings is 2. The van der Waals surface area contributed by atoms with Crippen LogP contribution in [0.25, 0.3) is 22.2 Å². The number of fused-ring (bicyclic) bond motifs is 3. The second-order valence-corrected chi connectivity index (χ2v) is 7.30. The Bertz CT molecular complexity index is 900. The Kier molecular flexibility index (Phi) is 3.61. The molecule has 2 saturated heterocycles. The van der Waals surface area contributed by atoms with Crippen molar-refractivity contribution in [3.05, 3.63) is 53.9 Å². The summed E-state index contributed by atoms with van der Waals surface area (Å²) >= 11 is 0. The molecule has 1 aromatic heterocycles. The van der Waals surface area contributed by atoms with E-state index in [4.69, 9.17) is 9.40 Å². The van der Waals surface area contributed by atoms with E-state index in [-0.39, 0.29) is 0 Å². The molecule has 1 N–H and O–H groups in total. The Morgan fingerprint density at radius 2 is 1.84 bits per heavy atom. The molecular weight excluding hydrogens is 310 g/mol. The van der Waals surface area contributed by atoms with Crippen LogP contribution in [0.3, 0.4) is 0 Å². The Labute approximate surface area is 147 Å². The average Bonchev–Trinajstić information content (AvgIpc) is 3.09. The first-order chi connectivity index (χ1) is 12.3. The molecule has 4 heteroatoms. The second-order valence-electron chi connectivity index (χ2n) is 7.30. The van der Waals surface area contributed by atoms with Crippen molar-refractivity contribution in [2.45, 2.75) is 38.4 Å². The van der Waals surface area contributed by atoms with Crippen molar-refractivity contribution in [2.24, 2.45) is 0 Å². The Morgan fingerprint density at radius 1 is 1.08 bits per heavy atom. The smallest absolute Gasteiger partial charge is 0.226 e. The fraction of sp³-hybridized carbons (Fsp3) is 0.381. The minimum absolute atomic E-state index is 0.652. The molecule has 5 rings (SSSR count). The fourth-order valence-electron chi connectivity index (χ4n) is 4.32. The van der Waals surface area contributed by atoms with Crippen molar-refractivity contribution in [2.75, 3.05) is 13.1 Å². The van der Waals surface area contributed by atoms with Gasteiger partial charge in [0.05, 0.1) is 5.69 Å². The summed E-state index contributed by atoms with van der Waals surface area (Å²) in [5, 5.41) is 6.00. The Hall–Kier alpha value is -2.17. The lowest BCUT2D eigenvalue weighted by molar-refractivity contribution is 0.143. The van der Waals surface area contributed by atoms with Crippen LogP contribution in [0.5, 0.6) is 0 Å². The molecule has 4 nitrogen and oxygen atoms in total. The number of nitrogens with one attached hydrogen (secondary N) is 1. The molecule has 0 amide bonds. The number of hydrogen-bond donors (Lipinski definition) is 1. The van der Waals surface area contributed by atoms with Gasteiger partial charge in [0.15, 0.2) is 0 Å².